The molecule has 0 aromatic heterocycles. The van der Waals surface area contributed by atoms with Crippen molar-refractivity contribution < 1.29 is 14.3 Å². The average molecular weight is 396 g/mol. The van der Waals surface area contributed by atoms with Crippen LogP contribution in [0, 0.1) is 6.92 Å². The molecule has 2 aromatic rings. The van der Waals surface area contributed by atoms with E-state index in [-0.39, 0.29) is 12.1 Å². The number of hydrogen-bond donors (Lipinski definition) is 2. The van der Waals surface area contributed by atoms with E-state index in [1.165, 1.54) is 24.8 Å². The minimum absolute atomic E-state index is 0.248. The van der Waals surface area contributed by atoms with Gasteiger partial charge in [-0.15, -0.1) is 0 Å². The van der Waals surface area contributed by atoms with Gasteiger partial charge >= 0.3 is 6.03 Å². The number of benzene rings is 2. The molecule has 0 heterocycles. The number of ether oxygens (including phenoxy) is 2. The summed E-state index contributed by atoms with van der Waals surface area (Å²) in [4.78, 5) is 11.9. The predicted molar refractivity (Wildman–Crippen MR) is 115 cm³/mol. The Hall–Kier alpha value is -3.02. The molecular formula is C23H29N3O3. The summed E-state index contributed by atoms with van der Waals surface area (Å²) in [5.74, 6) is 1.60. The van der Waals surface area contributed by atoms with E-state index in [2.05, 4.69) is 15.8 Å². The van der Waals surface area contributed by atoms with Gasteiger partial charge < -0.3 is 14.8 Å². The third-order valence-corrected chi connectivity index (χ3v) is 4.84. The fraction of sp³-hybridized carbons (Fsp3) is 0.391. The number of hydrazone groups is 1. The molecule has 6 nitrogen and oxygen atoms in total. The summed E-state index contributed by atoms with van der Waals surface area (Å²) in [7, 11) is 0. The van der Waals surface area contributed by atoms with E-state index in [4.69, 9.17) is 9.47 Å². The number of urea groups is 1. The van der Waals surface area contributed by atoms with Crippen molar-refractivity contribution in [3.8, 4) is 11.5 Å². The van der Waals surface area contributed by atoms with E-state index in [0.717, 1.165) is 29.9 Å². The highest BCUT2D eigenvalue weighted by Gasteiger charge is 2.14. The zero-order valence-corrected chi connectivity index (χ0v) is 16.9. The predicted octanol–water partition coefficient (Wildman–Crippen LogP) is 4.42. The third-order valence-electron chi connectivity index (χ3n) is 4.84. The van der Waals surface area contributed by atoms with Gasteiger partial charge in [-0.25, -0.2) is 10.2 Å². The maximum atomic E-state index is 11.9. The third kappa shape index (κ3) is 7.49. The second-order valence-electron chi connectivity index (χ2n) is 7.26. The Morgan fingerprint density at radius 2 is 1.55 bits per heavy atom. The number of nitrogens with zero attached hydrogens (tertiary/aromatic N) is 1. The number of amides is 2. The SMILES string of the molecule is Cc1ccc(OCCOc2ccc(/C=N\NC(=O)NC3CCCCC3)cc2)cc1. The van der Waals surface area contributed by atoms with Crippen LogP contribution in [0.1, 0.15) is 43.2 Å². The van der Waals surface area contributed by atoms with Gasteiger partial charge in [0.1, 0.15) is 24.7 Å². The van der Waals surface area contributed by atoms with E-state index in [9.17, 15) is 4.79 Å². The van der Waals surface area contributed by atoms with Crippen molar-refractivity contribution in [3.05, 3.63) is 59.7 Å². The molecule has 0 spiro atoms. The number of rotatable bonds is 8. The Labute approximate surface area is 172 Å². The van der Waals surface area contributed by atoms with Gasteiger partial charge in [-0.2, -0.15) is 5.10 Å². The topological polar surface area (TPSA) is 72.0 Å². The monoisotopic (exact) mass is 395 g/mol. The number of aryl methyl sites for hydroxylation is 1. The van der Waals surface area contributed by atoms with Gasteiger partial charge in [-0.3, -0.25) is 0 Å². The molecular weight excluding hydrogens is 366 g/mol. The standard InChI is InChI=1S/C23H29N3O3/c1-18-7-11-21(12-8-18)28-15-16-29-22-13-9-19(10-14-22)17-24-26-23(27)25-20-5-3-2-4-6-20/h7-14,17,20H,2-6,15-16H2,1H3,(H2,25,26,27)/b24-17-. The maximum absolute atomic E-state index is 11.9. The molecule has 29 heavy (non-hydrogen) atoms. The first-order chi connectivity index (χ1) is 14.2. The van der Waals surface area contributed by atoms with Crippen LogP contribution < -0.4 is 20.2 Å². The zero-order chi connectivity index (χ0) is 20.3. The summed E-state index contributed by atoms with van der Waals surface area (Å²) >= 11 is 0. The molecule has 154 valence electrons. The number of carbonyl (C=O) groups excluding carboxylic acids is 1. The van der Waals surface area contributed by atoms with Crippen molar-refractivity contribution in [2.24, 2.45) is 5.10 Å². The number of nitrogens with one attached hydrogen (secondary N) is 2. The molecule has 1 saturated carbocycles. The van der Waals surface area contributed by atoms with Crippen LogP contribution in [0.25, 0.3) is 0 Å². The lowest BCUT2D eigenvalue weighted by molar-refractivity contribution is 0.217. The molecule has 0 radical (unpaired) electrons. The van der Waals surface area contributed by atoms with Gasteiger partial charge in [-0.1, -0.05) is 37.0 Å². The average Bonchev–Trinajstić information content (AvgIpc) is 2.74. The van der Waals surface area contributed by atoms with Crippen LogP contribution in [0.4, 0.5) is 4.79 Å². The van der Waals surface area contributed by atoms with Gasteiger partial charge in [-0.05, 0) is 61.7 Å². The maximum Gasteiger partial charge on any atom is 0.335 e. The Morgan fingerprint density at radius 3 is 2.17 bits per heavy atom. The van der Waals surface area contributed by atoms with Crippen molar-refractivity contribution >= 4 is 12.2 Å². The first-order valence-corrected chi connectivity index (χ1v) is 10.2. The molecule has 0 atom stereocenters. The summed E-state index contributed by atoms with van der Waals surface area (Å²) in [6.45, 7) is 2.99. The molecule has 2 aromatic carbocycles. The first kappa shape index (κ1) is 20.7. The number of carbonyl (C=O) groups is 1. The van der Waals surface area contributed by atoms with Crippen molar-refractivity contribution in [1.29, 1.82) is 0 Å². The summed E-state index contributed by atoms with van der Waals surface area (Å²) in [6.07, 6.45) is 7.34. The van der Waals surface area contributed by atoms with E-state index in [1.807, 2.05) is 55.5 Å². The molecule has 1 aliphatic rings. The lowest BCUT2D eigenvalue weighted by atomic mass is 9.96. The fourth-order valence-electron chi connectivity index (χ4n) is 3.23. The van der Waals surface area contributed by atoms with Crippen molar-refractivity contribution in [2.75, 3.05) is 13.2 Å². The van der Waals surface area contributed by atoms with Crippen LogP contribution in [-0.2, 0) is 0 Å². The zero-order valence-electron chi connectivity index (χ0n) is 16.9. The molecule has 0 saturated heterocycles. The van der Waals surface area contributed by atoms with Crippen molar-refractivity contribution in [1.82, 2.24) is 10.7 Å². The summed E-state index contributed by atoms with van der Waals surface area (Å²) in [6, 6.07) is 15.5. The smallest absolute Gasteiger partial charge is 0.335 e. The van der Waals surface area contributed by atoms with Crippen molar-refractivity contribution in [2.45, 2.75) is 45.1 Å². The van der Waals surface area contributed by atoms with Gasteiger partial charge in [0.25, 0.3) is 0 Å². The highest BCUT2D eigenvalue weighted by atomic mass is 16.5. The molecule has 6 heteroatoms. The van der Waals surface area contributed by atoms with Crippen LogP contribution in [0.5, 0.6) is 11.5 Å². The number of hydrogen-bond acceptors (Lipinski definition) is 4. The summed E-state index contributed by atoms with van der Waals surface area (Å²) in [5, 5.41) is 6.97. The second-order valence-corrected chi connectivity index (χ2v) is 7.26. The fourth-order valence-corrected chi connectivity index (χ4v) is 3.23. The Bertz CT molecular complexity index is 782. The Morgan fingerprint density at radius 1 is 0.966 bits per heavy atom. The molecule has 3 rings (SSSR count). The van der Waals surface area contributed by atoms with Crippen LogP contribution >= 0.6 is 0 Å². The summed E-state index contributed by atoms with van der Waals surface area (Å²) in [5.41, 5.74) is 4.61. The minimum Gasteiger partial charge on any atom is -0.490 e. The van der Waals surface area contributed by atoms with Crippen LogP contribution in [0.3, 0.4) is 0 Å². The van der Waals surface area contributed by atoms with E-state index in [0.29, 0.717) is 13.2 Å². The molecule has 1 fully saturated rings. The molecule has 2 N–H and O–H groups in total. The first-order valence-electron chi connectivity index (χ1n) is 10.2. The van der Waals surface area contributed by atoms with E-state index < -0.39 is 0 Å². The lowest BCUT2D eigenvalue weighted by Crippen LogP contribution is -2.41. The minimum atomic E-state index is -0.248. The lowest BCUT2D eigenvalue weighted by Gasteiger charge is -2.22. The highest BCUT2D eigenvalue weighted by molar-refractivity contribution is 5.82. The molecule has 2 amide bonds. The van der Waals surface area contributed by atoms with E-state index in [1.54, 1.807) is 6.21 Å². The normalized spacial score (nSPS) is 14.5. The largest absolute Gasteiger partial charge is 0.490 e. The summed E-state index contributed by atoms with van der Waals surface area (Å²) < 4.78 is 11.3. The van der Waals surface area contributed by atoms with E-state index >= 15 is 0 Å². The molecule has 0 aliphatic heterocycles. The van der Waals surface area contributed by atoms with Gasteiger partial charge in [0.15, 0.2) is 0 Å². The molecule has 0 bridgehead atoms. The van der Waals surface area contributed by atoms with Gasteiger partial charge in [0.2, 0.25) is 0 Å². The Kier molecular flexibility index (Phi) is 7.92. The van der Waals surface area contributed by atoms with Gasteiger partial charge in [0.05, 0.1) is 6.21 Å². The molecule has 1 aliphatic carbocycles. The Balaban J connectivity index is 1.34. The van der Waals surface area contributed by atoms with Gasteiger partial charge in [0, 0.05) is 6.04 Å². The second kappa shape index (κ2) is 11.1. The molecule has 0 unspecified atom stereocenters. The van der Waals surface area contributed by atoms with Crippen LogP contribution in [0.2, 0.25) is 0 Å². The highest BCUT2D eigenvalue weighted by Crippen LogP contribution is 2.17. The van der Waals surface area contributed by atoms with Crippen LogP contribution in [-0.4, -0.2) is 31.5 Å². The van der Waals surface area contributed by atoms with Crippen LogP contribution in [0.15, 0.2) is 53.6 Å². The quantitative estimate of drug-likeness (QED) is 0.395. The van der Waals surface area contributed by atoms with Crippen molar-refractivity contribution in [3.63, 3.8) is 0 Å².